The number of unbranched alkanes of at least 4 members (excludes halogenated alkanes) is 15. The molecule has 0 aliphatic heterocycles. The fourth-order valence-electron chi connectivity index (χ4n) is 3.13. The molecule has 180 valence electrons. The topological polar surface area (TPSA) is 103 Å². The van der Waals surface area contributed by atoms with Gasteiger partial charge in [-0.2, -0.15) is 0 Å². The van der Waals surface area contributed by atoms with Gasteiger partial charge in [0.2, 0.25) is 10.4 Å². The molecule has 0 aromatic rings. The maximum atomic E-state index is 8.63. The summed E-state index contributed by atoms with van der Waals surface area (Å²) < 4.78 is 34.0. The molecule has 0 amide bonds. The smallest absolute Gasteiger partial charge is 0.215 e. The van der Waals surface area contributed by atoms with E-state index in [2.05, 4.69) is 33.8 Å². The second kappa shape index (κ2) is 24.1. The summed E-state index contributed by atoms with van der Waals surface area (Å²) in [4.78, 5) is 0. The highest BCUT2D eigenvalue weighted by atomic mass is 32.3. The van der Waals surface area contributed by atoms with E-state index in [0.29, 0.717) is 0 Å². The van der Waals surface area contributed by atoms with E-state index in [-0.39, 0.29) is 0 Å². The van der Waals surface area contributed by atoms with Crippen LogP contribution in [0.15, 0.2) is 0 Å². The van der Waals surface area contributed by atoms with Crippen LogP contribution in [0, 0.1) is 0 Å². The molecule has 0 saturated heterocycles. The predicted octanol–water partition coefficient (Wildman–Crippen LogP) is 5.53. The van der Waals surface area contributed by atoms with Crippen LogP contribution in [0.1, 0.15) is 110 Å². The molecule has 0 heterocycles. The Morgan fingerprint density at radius 2 is 0.862 bits per heavy atom. The fourth-order valence-corrected chi connectivity index (χ4v) is 3.13. The highest BCUT2D eigenvalue weighted by Gasteiger charge is 2.04. The van der Waals surface area contributed by atoms with Gasteiger partial charge in [0.1, 0.15) is 0 Å². The Morgan fingerprint density at radius 1 is 0.655 bits per heavy atom. The van der Waals surface area contributed by atoms with Crippen molar-refractivity contribution in [2.24, 2.45) is 5.73 Å². The summed E-state index contributed by atoms with van der Waals surface area (Å²) in [6, 6.07) is 0. The molecule has 0 atom stereocenters. The minimum Gasteiger partial charge on any atom is -0.726 e. The first-order valence-electron chi connectivity index (χ1n) is 11.6. The zero-order valence-corrected chi connectivity index (χ0v) is 20.9. The van der Waals surface area contributed by atoms with Crippen LogP contribution in [0.4, 0.5) is 0 Å². The second-order valence-corrected chi connectivity index (χ2v) is 9.60. The van der Waals surface area contributed by atoms with Gasteiger partial charge in [-0.1, -0.05) is 96.8 Å². The van der Waals surface area contributed by atoms with Crippen LogP contribution >= 0.6 is 0 Å². The van der Waals surface area contributed by atoms with Crippen LogP contribution in [0.2, 0.25) is 0 Å². The molecule has 0 fully saturated rings. The van der Waals surface area contributed by atoms with E-state index in [1.54, 1.807) is 0 Å². The maximum Gasteiger partial charge on any atom is 0.215 e. The van der Waals surface area contributed by atoms with Crippen LogP contribution in [-0.2, 0) is 10.4 Å². The summed E-state index contributed by atoms with van der Waals surface area (Å²) >= 11 is 0. The largest absolute Gasteiger partial charge is 0.726 e. The Balaban J connectivity index is -0.000000833. The van der Waals surface area contributed by atoms with Crippen molar-refractivity contribution in [1.29, 1.82) is 0 Å². The van der Waals surface area contributed by atoms with Crippen LogP contribution in [-0.4, -0.2) is 56.7 Å². The van der Waals surface area contributed by atoms with E-state index in [9.17, 15) is 0 Å². The van der Waals surface area contributed by atoms with Gasteiger partial charge in [0, 0.05) is 0 Å². The van der Waals surface area contributed by atoms with Crippen molar-refractivity contribution in [3.8, 4) is 0 Å². The number of quaternary nitrogens is 1. The van der Waals surface area contributed by atoms with E-state index in [0.717, 1.165) is 4.48 Å². The van der Waals surface area contributed by atoms with Gasteiger partial charge in [-0.25, -0.2) is 8.42 Å². The normalized spacial score (nSPS) is 11.3. The minimum absolute atomic E-state index is 1.12. The Bertz CT molecular complexity index is 388. The third-order valence-corrected chi connectivity index (χ3v) is 4.68. The lowest BCUT2D eigenvalue weighted by Crippen LogP contribution is -2.35. The quantitative estimate of drug-likeness (QED) is 0.134. The van der Waals surface area contributed by atoms with Gasteiger partial charge in [0.05, 0.1) is 27.7 Å². The molecule has 3 N–H and O–H groups in total. The summed E-state index contributed by atoms with van der Waals surface area (Å²) in [5.41, 5.74) is 4.50. The molecule has 0 aromatic carbocycles. The van der Waals surface area contributed by atoms with Crippen molar-refractivity contribution in [2.45, 2.75) is 110 Å². The molecular formula is C22H52N2O4S. The van der Waals surface area contributed by atoms with Crippen molar-refractivity contribution >= 4 is 10.4 Å². The number of hydrogen-bond donors (Lipinski definition) is 2. The molecule has 0 aliphatic carbocycles. The zero-order chi connectivity index (χ0) is 23.0. The average Bonchev–Trinajstić information content (AvgIpc) is 2.61. The van der Waals surface area contributed by atoms with Gasteiger partial charge >= 0.3 is 0 Å². The summed E-state index contributed by atoms with van der Waals surface area (Å²) in [7, 11) is 3.47. The van der Waals surface area contributed by atoms with Crippen molar-refractivity contribution in [2.75, 3.05) is 34.7 Å². The Morgan fingerprint density at radius 3 is 1.07 bits per heavy atom. The van der Waals surface area contributed by atoms with Crippen molar-refractivity contribution < 1.29 is 22.0 Å². The Kier molecular flexibility index (Phi) is 27.7. The lowest BCUT2D eigenvalue weighted by molar-refractivity contribution is -0.870. The van der Waals surface area contributed by atoms with Gasteiger partial charge in [-0.05, 0) is 19.9 Å². The van der Waals surface area contributed by atoms with Gasteiger partial charge in [-0.15, -0.1) is 0 Å². The lowest BCUT2D eigenvalue weighted by atomic mass is 10.0. The lowest BCUT2D eigenvalue weighted by Gasteiger charge is -2.23. The third-order valence-electron chi connectivity index (χ3n) is 4.68. The molecule has 0 radical (unpaired) electrons. The minimum atomic E-state index is -4.92. The van der Waals surface area contributed by atoms with Gasteiger partial charge < -0.3 is 14.8 Å². The van der Waals surface area contributed by atoms with Crippen molar-refractivity contribution in [1.82, 2.24) is 0 Å². The maximum absolute atomic E-state index is 8.63. The molecule has 7 heteroatoms. The molecule has 0 spiro atoms. The third kappa shape index (κ3) is 52.4. The first kappa shape index (κ1) is 33.4. The summed E-state index contributed by atoms with van der Waals surface area (Å²) in [5.74, 6) is 0. The van der Waals surface area contributed by atoms with Gasteiger partial charge in [-0.3, -0.25) is 4.55 Å². The van der Waals surface area contributed by atoms with Crippen molar-refractivity contribution in [3.05, 3.63) is 0 Å². The number of rotatable bonds is 17. The first-order chi connectivity index (χ1) is 13.6. The predicted molar refractivity (Wildman–Crippen MR) is 125 cm³/mol. The van der Waals surface area contributed by atoms with E-state index >= 15 is 0 Å². The molecule has 0 rings (SSSR count). The Hall–Kier alpha value is -0.210. The molecule has 6 nitrogen and oxygen atoms in total. The number of nitrogens with two attached hydrogens (primary N) is 1. The molecule has 0 aliphatic rings. The first-order valence-corrected chi connectivity index (χ1v) is 13.0. The molecule has 29 heavy (non-hydrogen) atoms. The van der Waals surface area contributed by atoms with Crippen LogP contribution < -0.4 is 5.73 Å². The SMILES string of the molecule is CCCCCCCCCCCCCCCCCC[N+](C)(C)C.CN.O=S(=O)([O-])O. The summed E-state index contributed by atoms with van der Waals surface area (Å²) in [6.45, 7) is 3.63. The average molecular weight is 441 g/mol. The van der Waals surface area contributed by atoms with Crippen LogP contribution in [0.5, 0.6) is 0 Å². The van der Waals surface area contributed by atoms with Crippen LogP contribution in [0.25, 0.3) is 0 Å². The van der Waals surface area contributed by atoms with E-state index in [1.165, 1.54) is 116 Å². The second-order valence-electron chi connectivity index (χ2n) is 8.74. The van der Waals surface area contributed by atoms with Crippen LogP contribution in [0.3, 0.4) is 0 Å². The van der Waals surface area contributed by atoms with E-state index in [1.807, 2.05) is 0 Å². The molecule has 0 aromatic heterocycles. The highest BCUT2D eigenvalue weighted by molar-refractivity contribution is 7.79. The monoisotopic (exact) mass is 440 g/mol. The molecule has 0 saturated carbocycles. The summed E-state index contributed by atoms with van der Waals surface area (Å²) in [5, 5.41) is 0. The molecular weight excluding hydrogens is 388 g/mol. The molecule has 0 bridgehead atoms. The highest BCUT2D eigenvalue weighted by Crippen LogP contribution is 2.13. The van der Waals surface area contributed by atoms with Crippen molar-refractivity contribution in [3.63, 3.8) is 0 Å². The summed E-state index contributed by atoms with van der Waals surface area (Å²) in [6.07, 6.45) is 23.4. The van der Waals surface area contributed by atoms with E-state index < -0.39 is 10.4 Å². The number of hydrogen-bond acceptors (Lipinski definition) is 4. The van der Waals surface area contributed by atoms with E-state index in [4.69, 9.17) is 17.5 Å². The van der Waals surface area contributed by atoms with Gasteiger partial charge in [0.25, 0.3) is 0 Å². The standard InChI is InChI=1S/C21H46N.CH5N.H2O4S/c1-5-6-7-8-9-10-11-12-13-14-15-16-17-18-19-20-21-22(2,3)4;1-2;1-5(2,3)4/h5-21H2,1-4H3;2H2,1H3;(H2,1,2,3,4)/q+1;;/p-1. The van der Waals surface area contributed by atoms with Gasteiger partial charge in [0.15, 0.2) is 0 Å². The number of nitrogens with zero attached hydrogens (tertiary/aromatic N) is 1. The zero-order valence-electron chi connectivity index (χ0n) is 20.1. The molecule has 0 unspecified atom stereocenters. The Labute approximate surface area is 182 Å². The fraction of sp³-hybridized carbons (Fsp3) is 1.00.